The molecule has 0 aliphatic heterocycles. The minimum Gasteiger partial charge on any atom is -0.468 e. The zero-order valence-corrected chi connectivity index (χ0v) is 12.9. The Hall–Kier alpha value is -0.800. The van der Waals surface area contributed by atoms with Crippen molar-refractivity contribution in [2.75, 3.05) is 13.1 Å². The van der Waals surface area contributed by atoms with Crippen LogP contribution in [0.5, 0.6) is 0 Å². The first-order valence-electron chi connectivity index (χ1n) is 8.22. The zero-order chi connectivity index (χ0) is 13.9. The monoisotopic (exact) mass is 276 g/mol. The Morgan fingerprint density at radius 1 is 1.30 bits per heavy atom. The molecule has 112 valence electrons. The average molecular weight is 276 g/mol. The first kappa shape index (κ1) is 14.2. The Morgan fingerprint density at radius 3 is 2.75 bits per heavy atom. The molecule has 2 aliphatic rings. The van der Waals surface area contributed by atoms with Gasteiger partial charge in [0, 0.05) is 24.7 Å². The number of nitrogens with zero attached hydrogens (tertiary/aromatic N) is 1. The third kappa shape index (κ3) is 4.10. The first-order chi connectivity index (χ1) is 9.72. The summed E-state index contributed by atoms with van der Waals surface area (Å²) in [4.78, 5) is 2.66. The molecule has 0 atom stereocenters. The van der Waals surface area contributed by atoms with E-state index in [1.807, 2.05) is 6.26 Å². The predicted octanol–water partition coefficient (Wildman–Crippen LogP) is 3.40. The fourth-order valence-corrected chi connectivity index (χ4v) is 2.76. The maximum absolute atomic E-state index is 5.75. The largest absolute Gasteiger partial charge is 0.468 e. The van der Waals surface area contributed by atoms with E-state index in [9.17, 15) is 0 Å². The highest BCUT2D eigenvalue weighted by Crippen LogP contribution is 2.35. The molecular weight excluding hydrogens is 248 g/mol. The maximum Gasteiger partial charge on any atom is 0.122 e. The molecule has 1 aromatic heterocycles. The highest BCUT2D eigenvalue weighted by Gasteiger charge is 2.34. The van der Waals surface area contributed by atoms with Gasteiger partial charge in [-0.2, -0.15) is 0 Å². The predicted molar refractivity (Wildman–Crippen MR) is 81.4 cm³/mol. The summed E-state index contributed by atoms with van der Waals surface area (Å²) in [6, 6.07) is 2.96. The lowest BCUT2D eigenvalue weighted by Gasteiger charge is -2.21. The van der Waals surface area contributed by atoms with E-state index in [2.05, 4.69) is 30.1 Å². The molecule has 0 saturated heterocycles. The van der Waals surface area contributed by atoms with Gasteiger partial charge in [0.1, 0.15) is 5.76 Å². The van der Waals surface area contributed by atoms with Crippen molar-refractivity contribution in [3.05, 3.63) is 23.7 Å². The minimum absolute atomic E-state index is 0.697. The summed E-state index contributed by atoms with van der Waals surface area (Å²) in [7, 11) is 0. The number of rotatable bonds is 9. The lowest BCUT2D eigenvalue weighted by Crippen LogP contribution is -2.28. The third-order valence-electron chi connectivity index (χ3n) is 4.31. The summed E-state index contributed by atoms with van der Waals surface area (Å²) >= 11 is 0. The SMILES string of the molecule is CC(C)CNCc1ccoc1CN(CC1CC1)C1CC1. The molecule has 2 fully saturated rings. The number of hydrogen-bond acceptors (Lipinski definition) is 3. The van der Waals surface area contributed by atoms with Crippen LogP contribution in [0.15, 0.2) is 16.7 Å². The van der Waals surface area contributed by atoms with Gasteiger partial charge in [-0.1, -0.05) is 13.8 Å². The van der Waals surface area contributed by atoms with Crippen LogP contribution in [0, 0.1) is 11.8 Å². The Kier molecular flexibility index (Phi) is 4.47. The molecule has 2 saturated carbocycles. The van der Waals surface area contributed by atoms with Crippen molar-refractivity contribution in [1.29, 1.82) is 0 Å². The Labute approximate surface area is 122 Å². The number of hydrogen-bond donors (Lipinski definition) is 1. The van der Waals surface area contributed by atoms with Crippen LogP contribution in [-0.4, -0.2) is 24.0 Å². The van der Waals surface area contributed by atoms with Gasteiger partial charge in [0.05, 0.1) is 12.8 Å². The van der Waals surface area contributed by atoms with Crippen LogP contribution in [0.25, 0.3) is 0 Å². The summed E-state index contributed by atoms with van der Waals surface area (Å²) in [5, 5.41) is 3.52. The van der Waals surface area contributed by atoms with Crippen molar-refractivity contribution in [2.45, 2.75) is 58.7 Å². The van der Waals surface area contributed by atoms with E-state index < -0.39 is 0 Å². The second-order valence-corrected chi connectivity index (χ2v) is 7.00. The van der Waals surface area contributed by atoms with Crippen molar-refractivity contribution >= 4 is 0 Å². The quantitative estimate of drug-likeness (QED) is 0.749. The van der Waals surface area contributed by atoms with Crippen LogP contribution in [0.2, 0.25) is 0 Å². The molecule has 3 nitrogen and oxygen atoms in total. The van der Waals surface area contributed by atoms with E-state index in [0.29, 0.717) is 5.92 Å². The highest BCUT2D eigenvalue weighted by atomic mass is 16.3. The third-order valence-corrected chi connectivity index (χ3v) is 4.31. The molecule has 0 spiro atoms. The van der Waals surface area contributed by atoms with Crippen LogP contribution in [0.4, 0.5) is 0 Å². The summed E-state index contributed by atoms with van der Waals surface area (Å²) in [6.45, 7) is 8.78. The van der Waals surface area contributed by atoms with Gasteiger partial charge in [0.25, 0.3) is 0 Å². The molecule has 3 rings (SSSR count). The molecule has 1 aromatic rings. The van der Waals surface area contributed by atoms with Crippen LogP contribution in [-0.2, 0) is 13.1 Å². The number of nitrogens with one attached hydrogen (secondary N) is 1. The van der Waals surface area contributed by atoms with Gasteiger partial charge < -0.3 is 9.73 Å². The summed E-state index contributed by atoms with van der Waals surface area (Å²) in [5.41, 5.74) is 1.34. The van der Waals surface area contributed by atoms with Gasteiger partial charge in [-0.15, -0.1) is 0 Å². The van der Waals surface area contributed by atoms with Gasteiger partial charge in [-0.3, -0.25) is 4.90 Å². The Bertz CT molecular complexity index is 418. The normalized spacial score (nSPS) is 19.2. The van der Waals surface area contributed by atoms with E-state index in [4.69, 9.17) is 4.42 Å². The highest BCUT2D eigenvalue weighted by molar-refractivity contribution is 5.17. The van der Waals surface area contributed by atoms with Crippen LogP contribution in [0.3, 0.4) is 0 Å². The Morgan fingerprint density at radius 2 is 2.10 bits per heavy atom. The molecular formula is C17H28N2O. The number of furan rings is 1. The average Bonchev–Trinajstić information content (AvgIpc) is 3.30. The van der Waals surface area contributed by atoms with E-state index in [1.165, 1.54) is 43.6 Å². The first-order valence-corrected chi connectivity index (χ1v) is 8.22. The Balaban J connectivity index is 1.54. The van der Waals surface area contributed by atoms with Gasteiger partial charge in [0.2, 0.25) is 0 Å². The second kappa shape index (κ2) is 6.31. The van der Waals surface area contributed by atoms with Crippen molar-refractivity contribution < 1.29 is 4.42 Å². The van der Waals surface area contributed by atoms with Crippen LogP contribution >= 0.6 is 0 Å². The molecule has 0 radical (unpaired) electrons. The minimum atomic E-state index is 0.697. The van der Waals surface area contributed by atoms with Crippen molar-refractivity contribution in [3.63, 3.8) is 0 Å². The topological polar surface area (TPSA) is 28.4 Å². The van der Waals surface area contributed by atoms with Crippen molar-refractivity contribution in [3.8, 4) is 0 Å². The van der Waals surface area contributed by atoms with Gasteiger partial charge >= 0.3 is 0 Å². The van der Waals surface area contributed by atoms with Gasteiger partial charge in [0.15, 0.2) is 0 Å². The van der Waals surface area contributed by atoms with E-state index in [-0.39, 0.29) is 0 Å². The lowest BCUT2D eigenvalue weighted by molar-refractivity contribution is 0.223. The molecule has 0 aromatic carbocycles. The van der Waals surface area contributed by atoms with Crippen molar-refractivity contribution in [2.24, 2.45) is 11.8 Å². The van der Waals surface area contributed by atoms with Crippen LogP contribution < -0.4 is 5.32 Å². The van der Waals surface area contributed by atoms with Gasteiger partial charge in [-0.25, -0.2) is 0 Å². The molecule has 0 bridgehead atoms. The molecule has 3 heteroatoms. The van der Waals surface area contributed by atoms with E-state index in [0.717, 1.165) is 31.6 Å². The molecule has 20 heavy (non-hydrogen) atoms. The smallest absolute Gasteiger partial charge is 0.122 e. The van der Waals surface area contributed by atoms with Crippen molar-refractivity contribution in [1.82, 2.24) is 10.2 Å². The summed E-state index contributed by atoms with van der Waals surface area (Å²) < 4.78 is 5.75. The molecule has 1 N–H and O–H groups in total. The van der Waals surface area contributed by atoms with E-state index in [1.54, 1.807) is 0 Å². The molecule has 0 unspecified atom stereocenters. The van der Waals surface area contributed by atoms with Gasteiger partial charge in [-0.05, 0) is 50.1 Å². The standard InChI is InChI=1S/C17H28N2O/c1-13(2)9-18-10-15-7-8-20-17(15)12-19(16-5-6-16)11-14-3-4-14/h7-8,13-14,16,18H,3-6,9-12H2,1-2H3. The molecule has 0 amide bonds. The summed E-state index contributed by atoms with van der Waals surface area (Å²) in [5.74, 6) is 2.84. The summed E-state index contributed by atoms with van der Waals surface area (Å²) in [6.07, 6.45) is 7.49. The van der Waals surface area contributed by atoms with E-state index >= 15 is 0 Å². The lowest BCUT2D eigenvalue weighted by atomic mass is 10.2. The van der Waals surface area contributed by atoms with Crippen LogP contribution in [0.1, 0.15) is 50.9 Å². The second-order valence-electron chi connectivity index (χ2n) is 7.00. The zero-order valence-electron chi connectivity index (χ0n) is 12.9. The maximum atomic E-state index is 5.75. The molecule has 1 heterocycles. The fourth-order valence-electron chi connectivity index (χ4n) is 2.76. The fraction of sp³-hybridized carbons (Fsp3) is 0.765. The molecule has 2 aliphatic carbocycles.